The third-order valence-corrected chi connectivity index (χ3v) is 5.98. The van der Waals surface area contributed by atoms with Crippen LogP contribution in [0.25, 0.3) is 0 Å². The normalized spacial score (nSPS) is 25.4. The molecule has 1 saturated heterocycles. The Kier molecular flexibility index (Phi) is 6.93. The zero-order valence-corrected chi connectivity index (χ0v) is 16.6. The fourth-order valence-electron chi connectivity index (χ4n) is 4.40. The Morgan fingerprint density at radius 1 is 1.20 bits per heavy atom. The van der Waals surface area contributed by atoms with Gasteiger partial charge in [0.25, 0.3) is 0 Å². The zero-order chi connectivity index (χ0) is 17.2. The summed E-state index contributed by atoms with van der Waals surface area (Å²) in [6.07, 6.45) is 6.36. The van der Waals surface area contributed by atoms with Crippen molar-refractivity contribution < 1.29 is 4.79 Å². The second kappa shape index (κ2) is 8.55. The highest BCUT2D eigenvalue weighted by molar-refractivity contribution is 5.88. The van der Waals surface area contributed by atoms with Crippen molar-refractivity contribution in [3.05, 3.63) is 35.4 Å². The first-order chi connectivity index (χ1) is 11.5. The minimum Gasteiger partial charge on any atom is -0.352 e. The summed E-state index contributed by atoms with van der Waals surface area (Å²) < 4.78 is 0. The average Bonchev–Trinajstić information content (AvgIpc) is 3.06. The van der Waals surface area contributed by atoms with Crippen molar-refractivity contribution in [1.29, 1.82) is 0 Å². The molecule has 0 aromatic heterocycles. The minimum absolute atomic E-state index is 0. The van der Waals surface area contributed by atoms with Gasteiger partial charge in [-0.05, 0) is 56.2 Å². The molecule has 0 bridgehead atoms. The summed E-state index contributed by atoms with van der Waals surface area (Å²) in [5.41, 5.74) is 2.26. The number of carbonyl (C=O) groups is 1. The summed E-state index contributed by atoms with van der Waals surface area (Å²) >= 11 is 0. The fraction of sp³-hybridized carbons (Fsp3) is 0.667. The lowest BCUT2D eigenvalue weighted by atomic mass is 9.77. The van der Waals surface area contributed by atoms with Crippen LogP contribution in [0.4, 0.5) is 0 Å². The highest BCUT2D eigenvalue weighted by Gasteiger charge is 2.43. The van der Waals surface area contributed by atoms with Crippen LogP contribution < -0.4 is 10.6 Å². The largest absolute Gasteiger partial charge is 0.352 e. The number of hydrogen-bond acceptors (Lipinski definition) is 2. The summed E-state index contributed by atoms with van der Waals surface area (Å²) in [7, 11) is 0. The van der Waals surface area contributed by atoms with Crippen LogP contribution in [0.15, 0.2) is 24.3 Å². The molecule has 140 valence electrons. The van der Waals surface area contributed by atoms with Gasteiger partial charge in [-0.2, -0.15) is 0 Å². The summed E-state index contributed by atoms with van der Waals surface area (Å²) in [6, 6.07) is 9.63. The Bertz CT molecular complexity index is 564. The number of benzene rings is 1. The zero-order valence-electron chi connectivity index (χ0n) is 15.8. The summed E-state index contributed by atoms with van der Waals surface area (Å²) in [6.45, 7) is 7.63. The molecule has 2 unspecified atom stereocenters. The molecule has 1 amide bonds. The molecule has 2 fully saturated rings. The second-order valence-corrected chi connectivity index (χ2v) is 8.12. The molecule has 2 atom stereocenters. The molecule has 3 nitrogen and oxygen atoms in total. The van der Waals surface area contributed by atoms with Gasteiger partial charge in [-0.1, -0.05) is 51.0 Å². The molecular formula is C21H33ClN2O. The number of halogens is 1. The average molecular weight is 365 g/mol. The number of carbonyl (C=O) groups excluding carboxylic acids is 1. The van der Waals surface area contributed by atoms with Crippen LogP contribution >= 0.6 is 12.4 Å². The van der Waals surface area contributed by atoms with Crippen LogP contribution in [0.2, 0.25) is 0 Å². The molecular weight excluding hydrogens is 332 g/mol. The quantitative estimate of drug-likeness (QED) is 0.836. The van der Waals surface area contributed by atoms with E-state index in [4.69, 9.17) is 0 Å². The minimum atomic E-state index is -0.302. The van der Waals surface area contributed by atoms with E-state index in [0.717, 1.165) is 45.1 Å². The third-order valence-electron chi connectivity index (χ3n) is 5.98. The summed E-state index contributed by atoms with van der Waals surface area (Å²) in [5.74, 6) is 0.792. The van der Waals surface area contributed by atoms with E-state index in [1.165, 1.54) is 11.1 Å². The van der Waals surface area contributed by atoms with Gasteiger partial charge in [0, 0.05) is 12.1 Å². The molecule has 1 aliphatic carbocycles. The number of amides is 1. The molecule has 2 N–H and O–H groups in total. The van der Waals surface area contributed by atoms with E-state index in [1.54, 1.807) is 0 Å². The van der Waals surface area contributed by atoms with Gasteiger partial charge >= 0.3 is 0 Å². The molecule has 1 saturated carbocycles. The van der Waals surface area contributed by atoms with Crippen molar-refractivity contribution in [1.82, 2.24) is 10.6 Å². The van der Waals surface area contributed by atoms with E-state index in [0.29, 0.717) is 18.0 Å². The van der Waals surface area contributed by atoms with Crippen LogP contribution in [-0.4, -0.2) is 24.5 Å². The van der Waals surface area contributed by atoms with E-state index < -0.39 is 0 Å². The molecule has 1 aliphatic heterocycles. The van der Waals surface area contributed by atoms with Crippen molar-refractivity contribution in [2.24, 2.45) is 0 Å². The molecule has 25 heavy (non-hydrogen) atoms. The van der Waals surface area contributed by atoms with Crippen LogP contribution in [0.5, 0.6) is 0 Å². The van der Waals surface area contributed by atoms with Crippen LogP contribution in [-0.2, 0) is 10.2 Å². The molecule has 1 aromatic carbocycles. The molecule has 2 aliphatic rings. The Hall–Kier alpha value is -1.06. The summed E-state index contributed by atoms with van der Waals surface area (Å²) in [5, 5.41) is 6.85. The molecule has 3 rings (SSSR count). The maximum absolute atomic E-state index is 13.2. The standard InChI is InChI=1S/C21H32N2O.ClH/c1-15(2)17-6-8-18(9-7-17)21(11-4-5-12-21)20(24)23-19-10-13-22-16(3)14-19;/h6-9,15-16,19,22H,4-5,10-14H2,1-3H3,(H,23,24);1H. The first-order valence-corrected chi connectivity index (χ1v) is 9.66. The van der Waals surface area contributed by atoms with Crippen molar-refractivity contribution >= 4 is 18.3 Å². The topological polar surface area (TPSA) is 41.1 Å². The van der Waals surface area contributed by atoms with Crippen LogP contribution in [0.1, 0.15) is 76.3 Å². The number of piperidine rings is 1. The maximum atomic E-state index is 13.2. The first-order valence-electron chi connectivity index (χ1n) is 9.66. The SMILES string of the molecule is CC1CC(NC(=O)C2(c3ccc(C(C)C)cc3)CCCC2)CCN1.Cl. The summed E-state index contributed by atoms with van der Waals surface area (Å²) in [4.78, 5) is 13.2. The molecule has 4 heteroatoms. The van der Waals surface area contributed by atoms with Gasteiger partial charge in [-0.3, -0.25) is 4.79 Å². The number of hydrogen-bond donors (Lipinski definition) is 2. The Labute approximate surface area is 158 Å². The maximum Gasteiger partial charge on any atom is 0.230 e. The Morgan fingerprint density at radius 3 is 2.40 bits per heavy atom. The lowest BCUT2D eigenvalue weighted by Gasteiger charge is -2.34. The molecule has 1 aromatic rings. The smallest absolute Gasteiger partial charge is 0.230 e. The third kappa shape index (κ3) is 4.38. The predicted octanol–water partition coefficient (Wildman–Crippen LogP) is 4.30. The van der Waals surface area contributed by atoms with Crippen molar-refractivity contribution in [2.75, 3.05) is 6.54 Å². The van der Waals surface area contributed by atoms with Crippen LogP contribution in [0, 0.1) is 0 Å². The van der Waals surface area contributed by atoms with Gasteiger partial charge in [0.1, 0.15) is 0 Å². The monoisotopic (exact) mass is 364 g/mol. The first kappa shape index (κ1) is 20.3. The Balaban J connectivity index is 0.00000225. The molecule has 1 heterocycles. The molecule has 0 spiro atoms. The van der Waals surface area contributed by atoms with E-state index in [9.17, 15) is 4.79 Å². The van der Waals surface area contributed by atoms with Gasteiger partial charge in [-0.15, -0.1) is 12.4 Å². The Morgan fingerprint density at radius 2 is 1.84 bits per heavy atom. The van der Waals surface area contributed by atoms with Gasteiger partial charge in [0.2, 0.25) is 5.91 Å². The van der Waals surface area contributed by atoms with Gasteiger partial charge in [-0.25, -0.2) is 0 Å². The van der Waals surface area contributed by atoms with E-state index in [2.05, 4.69) is 55.7 Å². The van der Waals surface area contributed by atoms with Crippen molar-refractivity contribution in [3.63, 3.8) is 0 Å². The van der Waals surface area contributed by atoms with E-state index in [1.807, 2.05) is 0 Å². The van der Waals surface area contributed by atoms with Gasteiger partial charge < -0.3 is 10.6 Å². The van der Waals surface area contributed by atoms with Crippen LogP contribution in [0.3, 0.4) is 0 Å². The van der Waals surface area contributed by atoms with Crippen molar-refractivity contribution in [3.8, 4) is 0 Å². The highest BCUT2D eigenvalue weighted by atomic mass is 35.5. The number of rotatable bonds is 4. The van der Waals surface area contributed by atoms with Crippen molar-refractivity contribution in [2.45, 2.75) is 82.7 Å². The lowest BCUT2D eigenvalue weighted by molar-refractivity contribution is -0.127. The second-order valence-electron chi connectivity index (χ2n) is 8.12. The van der Waals surface area contributed by atoms with Gasteiger partial charge in [0.05, 0.1) is 5.41 Å². The van der Waals surface area contributed by atoms with E-state index >= 15 is 0 Å². The van der Waals surface area contributed by atoms with E-state index in [-0.39, 0.29) is 23.7 Å². The number of nitrogens with one attached hydrogen (secondary N) is 2. The highest BCUT2D eigenvalue weighted by Crippen LogP contribution is 2.42. The predicted molar refractivity (Wildman–Crippen MR) is 107 cm³/mol. The lowest BCUT2D eigenvalue weighted by Crippen LogP contribution is -2.51. The fourth-order valence-corrected chi connectivity index (χ4v) is 4.40. The molecule has 0 radical (unpaired) electrons. The van der Waals surface area contributed by atoms with Gasteiger partial charge in [0.15, 0.2) is 0 Å².